The van der Waals surface area contributed by atoms with E-state index in [0.717, 1.165) is 41.8 Å². The number of nitrogens with zero attached hydrogens (tertiary/aromatic N) is 1. The van der Waals surface area contributed by atoms with Crippen LogP contribution in [-0.4, -0.2) is 21.9 Å². The minimum atomic E-state index is 0. The number of nitrogens with one attached hydrogen (secondary N) is 2. The van der Waals surface area contributed by atoms with Gasteiger partial charge in [-0.1, -0.05) is 0 Å². The van der Waals surface area contributed by atoms with Gasteiger partial charge >= 0.3 is 0 Å². The van der Waals surface area contributed by atoms with Gasteiger partial charge in [-0.25, -0.2) is 4.98 Å². The minimum absolute atomic E-state index is 0. The Bertz CT molecular complexity index is 628. The van der Waals surface area contributed by atoms with Gasteiger partial charge in [0.2, 0.25) is 5.91 Å². The quantitative estimate of drug-likeness (QED) is 0.791. The third-order valence-corrected chi connectivity index (χ3v) is 3.71. The number of amides is 1. The van der Waals surface area contributed by atoms with Crippen molar-refractivity contribution in [3.8, 4) is 0 Å². The predicted molar refractivity (Wildman–Crippen MR) is 89.3 cm³/mol. The van der Waals surface area contributed by atoms with Crippen molar-refractivity contribution in [2.45, 2.75) is 32.2 Å². The Kier molecular flexibility index (Phi) is 6.01. The van der Waals surface area contributed by atoms with Gasteiger partial charge in [0.05, 0.1) is 11.0 Å². The van der Waals surface area contributed by atoms with Crippen molar-refractivity contribution in [3.63, 3.8) is 0 Å². The monoisotopic (exact) mass is 330 g/mol. The number of hydrogen-bond acceptors (Lipinski definition) is 3. The van der Waals surface area contributed by atoms with Crippen LogP contribution in [0.3, 0.4) is 0 Å². The molecule has 7 heteroatoms. The third kappa shape index (κ3) is 3.87. The van der Waals surface area contributed by atoms with Crippen molar-refractivity contribution in [1.82, 2.24) is 9.97 Å². The second-order valence-corrected chi connectivity index (χ2v) is 5.31. The van der Waals surface area contributed by atoms with E-state index in [1.807, 2.05) is 25.1 Å². The van der Waals surface area contributed by atoms with Crippen LogP contribution in [0.5, 0.6) is 0 Å². The van der Waals surface area contributed by atoms with Gasteiger partial charge in [0.25, 0.3) is 0 Å². The molecule has 1 heterocycles. The van der Waals surface area contributed by atoms with Crippen LogP contribution in [0.25, 0.3) is 11.0 Å². The van der Waals surface area contributed by atoms with Gasteiger partial charge < -0.3 is 16.0 Å². The number of nitrogens with two attached hydrogens (primary N) is 1. The van der Waals surface area contributed by atoms with Crippen molar-refractivity contribution < 1.29 is 4.79 Å². The molecule has 1 fully saturated rings. The number of imidazole rings is 1. The molecule has 0 spiro atoms. The van der Waals surface area contributed by atoms with Gasteiger partial charge in [-0.3, -0.25) is 4.79 Å². The molecular formula is C14H20Cl2N4O. The fraction of sp³-hybridized carbons (Fsp3) is 0.429. The van der Waals surface area contributed by atoms with Crippen LogP contribution in [0.15, 0.2) is 18.2 Å². The van der Waals surface area contributed by atoms with E-state index in [-0.39, 0.29) is 42.7 Å². The first-order valence-electron chi connectivity index (χ1n) is 6.64. The normalized spacial score (nSPS) is 20.7. The topological polar surface area (TPSA) is 83.8 Å². The fourth-order valence-corrected chi connectivity index (χ4v) is 2.71. The molecule has 2 aromatic rings. The number of aromatic amines is 1. The van der Waals surface area contributed by atoms with E-state index in [0.29, 0.717) is 0 Å². The predicted octanol–water partition coefficient (Wildman–Crippen LogP) is 2.78. The summed E-state index contributed by atoms with van der Waals surface area (Å²) in [6.45, 7) is 1.91. The molecule has 3 rings (SSSR count). The summed E-state index contributed by atoms with van der Waals surface area (Å²) in [4.78, 5) is 19.6. The Labute approximate surface area is 135 Å². The lowest BCUT2D eigenvalue weighted by Gasteiger charge is -2.10. The Balaban J connectivity index is 0.00000110. The number of aryl methyl sites for hydroxylation is 1. The van der Waals surface area contributed by atoms with E-state index in [1.165, 1.54) is 0 Å². The number of benzene rings is 1. The summed E-state index contributed by atoms with van der Waals surface area (Å²) in [6, 6.07) is 5.89. The first-order valence-corrected chi connectivity index (χ1v) is 6.64. The lowest BCUT2D eigenvalue weighted by molar-refractivity contribution is -0.119. The van der Waals surface area contributed by atoms with Crippen LogP contribution >= 0.6 is 24.8 Å². The molecule has 1 aromatic heterocycles. The zero-order valence-electron chi connectivity index (χ0n) is 11.8. The molecule has 116 valence electrons. The number of aromatic nitrogens is 2. The Morgan fingerprint density at radius 2 is 2.14 bits per heavy atom. The molecule has 0 aliphatic heterocycles. The number of fused-ring (bicyclic) bond motifs is 1. The summed E-state index contributed by atoms with van der Waals surface area (Å²) < 4.78 is 0. The number of halogens is 2. The highest BCUT2D eigenvalue weighted by Crippen LogP contribution is 2.26. The van der Waals surface area contributed by atoms with E-state index in [9.17, 15) is 4.79 Å². The Morgan fingerprint density at radius 3 is 2.81 bits per heavy atom. The molecule has 2 unspecified atom stereocenters. The largest absolute Gasteiger partial charge is 0.342 e. The van der Waals surface area contributed by atoms with Crippen LogP contribution < -0.4 is 11.1 Å². The molecule has 2 atom stereocenters. The molecule has 1 aromatic carbocycles. The van der Waals surface area contributed by atoms with Crippen molar-refractivity contribution >= 4 is 47.4 Å². The average molecular weight is 331 g/mol. The van der Waals surface area contributed by atoms with Crippen LogP contribution in [0, 0.1) is 12.8 Å². The highest BCUT2D eigenvalue weighted by molar-refractivity contribution is 5.94. The molecular weight excluding hydrogens is 311 g/mol. The molecule has 21 heavy (non-hydrogen) atoms. The molecule has 1 saturated carbocycles. The van der Waals surface area contributed by atoms with Crippen molar-refractivity contribution in [3.05, 3.63) is 24.0 Å². The second kappa shape index (κ2) is 7.11. The fourth-order valence-electron chi connectivity index (χ4n) is 2.71. The van der Waals surface area contributed by atoms with Gasteiger partial charge in [0, 0.05) is 17.6 Å². The smallest absolute Gasteiger partial charge is 0.227 e. The van der Waals surface area contributed by atoms with Crippen molar-refractivity contribution in [2.24, 2.45) is 11.7 Å². The molecule has 0 saturated heterocycles. The van der Waals surface area contributed by atoms with Crippen LogP contribution in [0.4, 0.5) is 5.69 Å². The Morgan fingerprint density at radius 1 is 1.38 bits per heavy atom. The number of carbonyl (C=O) groups excluding carboxylic acids is 1. The number of H-pyrrole nitrogens is 1. The highest BCUT2D eigenvalue weighted by Gasteiger charge is 2.27. The number of anilines is 1. The maximum Gasteiger partial charge on any atom is 0.227 e. The third-order valence-electron chi connectivity index (χ3n) is 3.71. The van der Waals surface area contributed by atoms with Crippen LogP contribution in [0.1, 0.15) is 25.1 Å². The van der Waals surface area contributed by atoms with E-state index in [4.69, 9.17) is 5.73 Å². The van der Waals surface area contributed by atoms with Crippen LogP contribution in [-0.2, 0) is 4.79 Å². The van der Waals surface area contributed by atoms with Gasteiger partial charge in [-0.2, -0.15) is 0 Å². The van der Waals surface area contributed by atoms with Gasteiger partial charge in [-0.15, -0.1) is 24.8 Å². The summed E-state index contributed by atoms with van der Waals surface area (Å²) in [5, 5.41) is 2.96. The SMILES string of the molecule is Cc1nc2ccc(NC(=O)C3CCC(N)C3)cc2[nH]1.Cl.Cl. The van der Waals surface area contributed by atoms with E-state index >= 15 is 0 Å². The van der Waals surface area contributed by atoms with E-state index in [2.05, 4.69) is 15.3 Å². The average Bonchev–Trinajstić information content (AvgIpc) is 2.93. The molecule has 0 bridgehead atoms. The van der Waals surface area contributed by atoms with Crippen molar-refractivity contribution in [1.29, 1.82) is 0 Å². The first-order chi connectivity index (χ1) is 9.11. The Hall–Kier alpha value is -1.30. The summed E-state index contributed by atoms with van der Waals surface area (Å²) in [7, 11) is 0. The molecule has 1 aliphatic carbocycles. The number of carbonyl (C=O) groups is 1. The van der Waals surface area contributed by atoms with E-state index < -0.39 is 0 Å². The lowest BCUT2D eigenvalue weighted by atomic mass is 10.1. The zero-order chi connectivity index (χ0) is 13.4. The van der Waals surface area contributed by atoms with E-state index in [1.54, 1.807) is 0 Å². The molecule has 1 amide bonds. The zero-order valence-corrected chi connectivity index (χ0v) is 13.4. The lowest BCUT2D eigenvalue weighted by Crippen LogP contribution is -2.23. The molecule has 5 nitrogen and oxygen atoms in total. The highest BCUT2D eigenvalue weighted by atomic mass is 35.5. The number of rotatable bonds is 2. The standard InChI is InChI=1S/C14H18N4O.2ClH/c1-8-16-12-5-4-11(7-13(12)17-8)18-14(19)9-2-3-10(15)6-9;;/h4-5,7,9-10H,2-3,6,15H2,1H3,(H,16,17)(H,18,19);2*1H. The summed E-state index contributed by atoms with van der Waals surface area (Å²) in [5.41, 5.74) is 8.51. The molecule has 0 radical (unpaired) electrons. The summed E-state index contributed by atoms with van der Waals surface area (Å²) in [6.07, 6.45) is 2.62. The molecule has 1 aliphatic rings. The summed E-state index contributed by atoms with van der Waals surface area (Å²) in [5.74, 6) is 0.998. The van der Waals surface area contributed by atoms with Gasteiger partial charge in [0.15, 0.2) is 0 Å². The maximum absolute atomic E-state index is 12.1. The summed E-state index contributed by atoms with van der Waals surface area (Å²) >= 11 is 0. The molecule has 4 N–H and O–H groups in total. The minimum Gasteiger partial charge on any atom is -0.342 e. The number of hydrogen-bond donors (Lipinski definition) is 3. The van der Waals surface area contributed by atoms with Crippen molar-refractivity contribution in [2.75, 3.05) is 5.32 Å². The van der Waals surface area contributed by atoms with Crippen LogP contribution in [0.2, 0.25) is 0 Å². The van der Waals surface area contributed by atoms with Gasteiger partial charge in [0.1, 0.15) is 5.82 Å². The second-order valence-electron chi connectivity index (χ2n) is 5.31. The maximum atomic E-state index is 12.1. The first kappa shape index (κ1) is 17.8. The van der Waals surface area contributed by atoms with Gasteiger partial charge in [-0.05, 0) is 44.4 Å².